The summed E-state index contributed by atoms with van der Waals surface area (Å²) in [5.74, 6) is -1.01. The summed E-state index contributed by atoms with van der Waals surface area (Å²) in [5.41, 5.74) is 15.6. The first-order valence-corrected chi connectivity index (χ1v) is 6.05. The zero-order valence-corrected chi connectivity index (χ0v) is 10.7. The number of guanidine groups is 1. The Morgan fingerprint density at radius 2 is 2.11 bits per heavy atom. The Hall–Kier alpha value is -1.96. The van der Waals surface area contributed by atoms with E-state index in [0.29, 0.717) is 5.01 Å². The van der Waals surface area contributed by atoms with E-state index in [2.05, 4.69) is 9.98 Å². The van der Waals surface area contributed by atoms with E-state index in [4.69, 9.17) is 17.2 Å². The highest BCUT2D eigenvalue weighted by Crippen LogP contribution is 2.16. The van der Waals surface area contributed by atoms with Gasteiger partial charge in [-0.3, -0.25) is 9.59 Å². The van der Waals surface area contributed by atoms with Crippen LogP contribution in [0, 0.1) is 6.92 Å². The van der Waals surface area contributed by atoms with Gasteiger partial charge >= 0.3 is 0 Å². The summed E-state index contributed by atoms with van der Waals surface area (Å²) in [6.45, 7) is 1.84. The van der Waals surface area contributed by atoms with Gasteiger partial charge in [0.2, 0.25) is 11.7 Å². The Balaban J connectivity index is 2.85. The second-order valence-electron chi connectivity index (χ2n) is 3.72. The van der Waals surface area contributed by atoms with Crippen molar-refractivity contribution in [2.45, 2.75) is 25.8 Å². The molecule has 0 aromatic carbocycles. The number of Topliss-reactive ketones (excluding diaryl/α,β-unsaturated/α-hetero) is 1. The van der Waals surface area contributed by atoms with Gasteiger partial charge in [0.05, 0.1) is 0 Å². The number of hydrogen-bond donors (Lipinski definition) is 3. The van der Waals surface area contributed by atoms with Crippen LogP contribution in [0.3, 0.4) is 0 Å². The third-order valence-corrected chi connectivity index (χ3v) is 3.03. The summed E-state index contributed by atoms with van der Waals surface area (Å²) in [6.07, 6.45) is 1.81. The van der Waals surface area contributed by atoms with Crippen LogP contribution in [-0.2, 0) is 4.79 Å². The van der Waals surface area contributed by atoms with Gasteiger partial charge in [0.1, 0.15) is 6.04 Å². The monoisotopic (exact) mass is 269 g/mol. The van der Waals surface area contributed by atoms with Gasteiger partial charge in [0, 0.05) is 17.5 Å². The Morgan fingerprint density at radius 1 is 1.44 bits per heavy atom. The van der Waals surface area contributed by atoms with E-state index in [1.54, 1.807) is 6.20 Å². The highest BCUT2D eigenvalue weighted by atomic mass is 32.1. The van der Waals surface area contributed by atoms with E-state index in [1.165, 1.54) is 11.3 Å². The standard InChI is InChI=1S/C10H15N5O2S/c1-5-4-14-9(18-5)8(17)6(15-10(12)13)2-3-7(11)16/h4,6H,2-3H2,1H3,(H2,11,16)(H4,12,13,15). The first-order chi connectivity index (χ1) is 8.40. The van der Waals surface area contributed by atoms with Gasteiger partial charge < -0.3 is 17.2 Å². The number of nitrogens with zero attached hydrogens (tertiary/aromatic N) is 2. The van der Waals surface area contributed by atoms with Gasteiger partial charge in [0.15, 0.2) is 11.0 Å². The third-order valence-electron chi connectivity index (χ3n) is 2.10. The molecule has 0 aliphatic rings. The molecule has 1 unspecified atom stereocenters. The van der Waals surface area contributed by atoms with Gasteiger partial charge in [-0.05, 0) is 13.3 Å². The van der Waals surface area contributed by atoms with E-state index >= 15 is 0 Å². The molecule has 1 aromatic heterocycles. The number of primary amides is 1. The maximum atomic E-state index is 12.1. The molecule has 1 rings (SSSR count). The number of aryl methyl sites for hydroxylation is 1. The summed E-state index contributed by atoms with van der Waals surface area (Å²) < 4.78 is 0. The number of aromatic nitrogens is 1. The molecule has 0 aliphatic carbocycles. The Labute approximate surface area is 108 Å². The van der Waals surface area contributed by atoms with Crippen molar-refractivity contribution < 1.29 is 9.59 Å². The van der Waals surface area contributed by atoms with Gasteiger partial charge in [-0.2, -0.15) is 0 Å². The zero-order chi connectivity index (χ0) is 13.7. The van der Waals surface area contributed by atoms with Crippen molar-refractivity contribution in [1.29, 1.82) is 0 Å². The lowest BCUT2D eigenvalue weighted by Gasteiger charge is -2.08. The maximum absolute atomic E-state index is 12.1. The van der Waals surface area contributed by atoms with Crippen LogP contribution in [0.25, 0.3) is 0 Å². The number of aliphatic imine (C=N–C) groups is 1. The fourth-order valence-corrected chi connectivity index (χ4v) is 2.08. The summed E-state index contributed by atoms with van der Waals surface area (Å²) in [6, 6.07) is -0.812. The number of carbonyl (C=O) groups excluding carboxylic acids is 2. The van der Waals surface area contributed by atoms with Crippen LogP contribution in [0.5, 0.6) is 0 Å². The van der Waals surface area contributed by atoms with Crippen LogP contribution < -0.4 is 17.2 Å². The molecule has 98 valence electrons. The van der Waals surface area contributed by atoms with Gasteiger partial charge in [-0.1, -0.05) is 0 Å². The van der Waals surface area contributed by atoms with Crippen molar-refractivity contribution >= 4 is 29.0 Å². The van der Waals surface area contributed by atoms with Crippen molar-refractivity contribution in [3.05, 3.63) is 16.1 Å². The molecule has 0 aliphatic heterocycles. The number of hydrogen-bond acceptors (Lipinski definition) is 5. The number of thiazole rings is 1. The predicted molar refractivity (Wildman–Crippen MR) is 69.2 cm³/mol. The normalized spacial score (nSPS) is 11.8. The highest BCUT2D eigenvalue weighted by Gasteiger charge is 2.22. The SMILES string of the molecule is Cc1cnc(C(=O)C(CCC(N)=O)N=C(N)N)s1. The van der Waals surface area contributed by atoms with Gasteiger partial charge in [0.25, 0.3) is 0 Å². The van der Waals surface area contributed by atoms with Crippen LogP contribution in [0.4, 0.5) is 0 Å². The van der Waals surface area contributed by atoms with Crippen molar-refractivity contribution in [3.63, 3.8) is 0 Å². The summed E-state index contributed by atoms with van der Waals surface area (Å²) in [4.78, 5) is 31.5. The van der Waals surface area contributed by atoms with Crippen LogP contribution in [0.15, 0.2) is 11.2 Å². The summed E-state index contributed by atoms with van der Waals surface area (Å²) in [5, 5.41) is 0.326. The quantitative estimate of drug-likeness (QED) is 0.364. The Bertz CT molecular complexity index is 478. The Morgan fingerprint density at radius 3 is 2.56 bits per heavy atom. The maximum Gasteiger partial charge on any atom is 0.217 e. The van der Waals surface area contributed by atoms with Crippen LogP contribution in [0.2, 0.25) is 0 Å². The number of carbonyl (C=O) groups is 2. The fraction of sp³-hybridized carbons (Fsp3) is 0.400. The smallest absolute Gasteiger partial charge is 0.217 e. The minimum Gasteiger partial charge on any atom is -0.370 e. The Kier molecular flexibility index (Phi) is 4.78. The number of rotatable bonds is 6. The molecule has 1 atom stereocenters. The molecule has 1 heterocycles. The molecule has 6 N–H and O–H groups in total. The molecular weight excluding hydrogens is 254 g/mol. The molecule has 8 heteroatoms. The van der Waals surface area contributed by atoms with Gasteiger partial charge in [-0.15, -0.1) is 11.3 Å². The van der Waals surface area contributed by atoms with E-state index in [9.17, 15) is 9.59 Å². The molecule has 0 fully saturated rings. The first kappa shape index (κ1) is 14.1. The van der Waals surface area contributed by atoms with Crippen LogP contribution in [0.1, 0.15) is 27.5 Å². The van der Waals surface area contributed by atoms with E-state index in [1.807, 2.05) is 6.92 Å². The van der Waals surface area contributed by atoms with Crippen molar-refractivity contribution in [2.75, 3.05) is 0 Å². The molecule has 0 spiro atoms. The van der Waals surface area contributed by atoms with Crippen molar-refractivity contribution in [2.24, 2.45) is 22.2 Å². The molecule has 7 nitrogen and oxygen atoms in total. The third kappa shape index (κ3) is 4.13. The first-order valence-electron chi connectivity index (χ1n) is 5.24. The molecular formula is C10H15N5O2S. The van der Waals surface area contributed by atoms with Crippen LogP contribution >= 0.6 is 11.3 Å². The second kappa shape index (κ2) is 6.10. The average molecular weight is 269 g/mol. The molecule has 1 amide bonds. The highest BCUT2D eigenvalue weighted by molar-refractivity contribution is 7.13. The topological polar surface area (TPSA) is 137 Å². The van der Waals surface area contributed by atoms with E-state index in [-0.39, 0.29) is 24.6 Å². The summed E-state index contributed by atoms with van der Waals surface area (Å²) >= 11 is 1.26. The largest absolute Gasteiger partial charge is 0.370 e. The van der Waals surface area contributed by atoms with Crippen molar-refractivity contribution in [3.8, 4) is 0 Å². The number of ketones is 1. The summed E-state index contributed by atoms with van der Waals surface area (Å²) in [7, 11) is 0. The molecule has 0 saturated carbocycles. The zero-order valence-electron chi connectivity index (χ0n) is 9.92. The molecule has 18 heavy (non-hydrogen) atoms. The average Bonchev–Trinajstić information content (AvgIpc) is 2.69. The molecule has 0 radical (unpaired) electrons. The number of amides is 1. The lowest BCUT2D eigenvalue weighted by molar-refractivity contribution is -0.118. The fourth-order valence-electron chi connectivity index (χ4n) is 1.32. The molecule has 0 bridgehead atoms. The predicted octanol–water partition coefficient (Wildman–Crippen LogP) is -0.458. The van der Waals surface area contributed by atoms with Crippen molar-refractivity contribution in [1.82, 2.24) is 4.98 Å². The minimum atomic E-state index is -0.812. The lowest BCUT2D eigenvalue weighted by Crippen LogP contribution is -2.30. The van der Waals surface area contributed by atoms with E-state index in [0.717, 1.165) is 4.88 Å². The minimum absolute atomic E-state index is 0.0392. The lowest BCUT2D eigenvalue weighted by atomic mass is 10.1. The number of nitrogens with two attached hydrogens (primary N) is 3. The second-order valence-corrected chi connectivity index (χ2v) is 4.95. The van der Waals surface area contributed by atoms with E-state index < -0.39 is 11.9 Å². The molecule has 1 aromatic rings. The van der Waals surface area contributed by atoms with Gasteiger partial charge in [-0.25, -0.2) is 9.98 Å². The molecule has 0 saturated heterocycles. The van der Waals surface area contributed by atoms with Crippen LogP contribution in [-0.4, -0.2) is 28.7 Å².